The molecule has 1 heterocycles. The maximum atomic E-state index is 11.3. The van der Waals surface area contributed by atoms with Crippen molar-refractivity contribution in [2.24, 2.45) is 0 Å². The zero-order valence-electron chi connectivity index (χ0n) is 7.90. The van der Waals surface area contributed by atoms with Gasteiger partial charge in [0.25, 0.3) is 0 Å². The molecule has 1 rings (SSSR count). The minimum atomic E-state index is -0.443. The minimum Gasteiger partial charge on any atom is -0.460 e. The lowest BCUT2D eigenvalue weighted by molar-refractivity contribution is 0.0387. The van der Waals surface area contributed by atoms with Gasteiger partial charge in [-0.25, -0.2) is 4.79 Å². The molecule has 0 bridgehead atoms. The highest BCUT2D eigenvalue weighted by molar-refractivity contribution is 5.89. The lowest BCUT2D eigenvalue weighted by Crippen LogP contribution is -2.10. The molecule has 0 aliphatic rings. The molecule has 0 spiro atoms. The minimum absolute atomic E-state index is 0.226. The van der Waals surface area contributed by atoms with Crippen LogP contribution in [0.15, 0.2) is 18.5 Å². The molecule has 2 N–H and O–H groups in total. The fraction of sp³-hybridized carbons (Fsp3) is 0.333. The molecule has 76 valence electrons. The standard InChI is InChI=1S/C9H12N2O3/c1-13-2-3-14-9(12)7-4-8(10)6-11-5-7/h4-6H,2-3,10H2,1H3. The number of ether oxygens (including phenoxy) is 2. The van der Waals surface area contributed by atoms with Crippen LogP contribution >= 0.6 is 0 Å². The van der Waals surface area contributed by atoms with Crippen LogP contribution in [0, 0.1) is 0 Å². The van der Waals surface area contributed by atoms with Gasteiger partial charge in [0.2, 0.25) is 0 Å². The molecule has 1 aromatic rings. The van der Waals surface area contributed by atoms with Gasteiger partial charge in [0, 0.05) is 19.5 Å². The molecule has 0 amide bonds. The number of nitrogens with two attached hydrogens (primary N) is 1. The van der Waals surface area contributed by atoms with Crippen molar-refractivity contribution in [2.75, 3.05) is 26.1 Å². The summed E-state index contributed by atoms with van der Waals surface area (Å²) in [6, 6.07) is 1.52. The number of methoxy groups -OCH3 is 1. The number of rotatable bonds is 4. The molecule has 0 aromatic carbocycles. The summed E-state index contributed by atoms with van der Waals surface area (Å²) >= 11 is 0. The maximum absolute atomic E-state index is 11.3. The summed E-state index contributed by atoms with van der Waals surface area (Å²) in [7, 11) is 1.54. The van der Waals surface area contributed by atoms with Crippen molar-refractivity contribution in [3.8, 4) is 0 Å². The average molecular weight is 196 g/mol. The fourth-order valence-corrected chi connectivity index (χ4v) is 0.870. The largest absolute Gasteiger partial charge is 0.460 e. The van der Waals surface area contributed by atoms with Crippen molar-refractivity contribution in [3.05, 3.63) is 24.0 Å². The number of esters is 1. The van der Waals surface area contributed by atoms with Crippen molar-refractivity contribution in [1.29, 1.82) is 0 Å². The van der Waals surface area contributed by atoms with Gasteiger partial charge in [-0.15, -0.1) is 0 Å². The van der Waals surface area contributed by atoms with E-state index in [0.717, 1.165) is 0 Å². The molecule has 0 saturated heterocycles. The van der Waals surface area contributed by atoms with E-state index in [9.17, 15) is 4.79 Å². The molecule has 0 aliphatic carbocycles. The molecule has 0 atom stereocenters. The number of anilines is 1. The molecular formula is C9H12N2O3. The third-order valence-electron chi connectivity index (χ3n) is 1.52. The topological polar surface area (TPSA) is 74.4 Å². The number of pyridine rings is 1. The second-order valence-corrected chi connectivity index (χ2v) is 2.64. The van der Waals surface area contributed by atoms with E-state index in [2.05, 4.69) is 4.98 Å². The second kappa shape index (κ2) is 5.18. The summed E-state index contributed by atoms with van der Waals surface area (Å²) in [4.78, 5) is 15.1. The van der Waals surface area contributed by atoms with Crippen molar-refractivity contribution in [3.63, 3.8) is 0 Å². The van der Waals surface area contributed by atoms with E-state index >= 15 is 0 Å². The lowest BCUT2D eigenvalue weighted by Gasteiger charge is -2.03. The molecule has 0 radical (unpaired) electrons. The van der Waals surface area contributed by atoms with Crippen molar-refractivity contribution < 1.29 is 14.3 Å². The quantitative estimate of drug-likeness (QED) is 0.559. The van der Waals surface area contributed by atoms with Crippen LogP contribution in [0.1, 0.15) is 10.4 Å². The molecule has 0 aliphatic heterocycles. The van der Waals surface area contributed by atoms with Crippen LogP contribution in [0.3, 0.4) is 0 Å². The Kier molecular flexibility index (Phi) is 3.87. The Morgan fingerprint density at radius 2 is 2.29 bits per heavy atom. The van der Waals surface area contributed by atoms with Crippen molar-refractivity contribution in [1.82, 2.24) is 4.98 Å². The summed E-state index contributed by atoms with van der Waals surface area (Å²) in [5.74, 6) is -0.443. The summed E-state index contributed by atoms with van der Waals surface area (Å²) < 4.78 is 9.60. The predicted octanol–water partition coefficient (Wildman–Crippen LogP) is 0.467. The average Bonchev–Trinajstić information content (AvgIpc) is 2.18. The first-order chi connectivity index (χ1) is 6.74. The van der Waals surface area contributed by atoms with Gasteiger partial charge in [0.1, 0.15) is 6.61 Å². The van der Waals surface area contributed by atoms with E-state index in [4.69, 9.17) is 15.2 Å². The first-order valence-corrected chi connectivity index (χ1v) is 4.10. The number of nitrogens with zero attached hydrogens (tertiary/aromatic N) is 1. The normalized spacial score (nSPS) is 9.79. The summed E-state index contributed by atoms with van der Waals surface area (Å²) in [5.41, 5.74) is 6.24. The van der Waals surface area contributed by atoms with Gasteiger partial charge in [-0.3, -0.25) is 4.98 Å². The Morgan fingerprint density at radius 3 is 2.93 bits per heavy atom. The van der Waals surface area contributed by atoms with Gasteiger partial charge in [0.15, 0.2) is 0 Å². The number of carbonyl (C=O) groups excluding carboxylic acids is 1. The van der Waals surface area contributed by atoms with Crippen LogP contribution in [-0.2, 0) is 9.47 Å². The molecule has 0 fully saturated rings. The predicted molar refractivity (Wildman–Crippen MR) is 50.8 cm³/mol. The Labute approximate surface area is 81.8 Å². The van der Waals surface area contributed by atoms with Gasteiger partial charge in [-0.1, -0.05) is 0 Å². The van der Waals surface area contributed by atoms with Gasteiger partial charge >= 0.3 is 5.97 Å². The van der Waals surface area contributed by atoms with Crippen LogP contribution in [0.2, 0.25) is 0 Å². The first kappa shape index (κ1) is 10.5. The highest BCUT2D eigenvalue weighted by Crippen LogP contribution is 2.05. The van der Waals surface area contributed by atoms with E-state index < -0.39 is 5.97 Å². The zero-order chi connectivity index (χ0) is 10.4. The van der Waals surface area contributed by atoms with Crippen LogP contribution in [-0.4, -0.2) is 31.3 Å². The van der Waals surface area contributed by atoms with E-state index in [-0.39, 0.29) is 6.61 Å². The number of aromatic nitrogens is 1. The highest BCUT2D eigenvalue weighted by atomic mass is 16.6. The van der Waals surface area contributed by atoms with Crippen LogP contribution in [0.5, 0.6) is 0 Å². The monoisotopic (exact) mass is 196 g/mol. The number of hydrogen-bond donors (Lipinski definition) is 1. The maximum Gasteiger partial charge on any atom is 0.339 e. The first-order valence-electron chi connectivity index (χ1n) is 4.10. The Morgan fingerprint density at radius 1 is 1.50 bits per heavy atom. The van der Waals surface area contributed by atoms with Crippen LogP contribution in [0.4, 0.5) is 5.69 Å². The third kappa shape index (κ3) is 3.02. The molecule has 0 saturated carbocycles. The van der Waals surface area contributed by atoms with Gasteiger partial charge in [0.05, 0.1) is 17.9 Å². The summed E-state index contributed by atoms with van der Waals surface area (Å²) in [5, 5.41) is 0. The molecule has 5 heteroatoms. The SMILES string of the molecule is COCCOC(=O)c1cncc(N)c1. The summed E-state index contributed by atoms with van der Waals surface area (Å²) in [6.45, 7) is 0.603. The van der Waals surface area contributed by atoms with Crippen LogP contribution < -0.4 is 5.73 Å². The Hall–Kier alpha value is -1.62. The molecular weight excluding hydrogens is 184 g/mol. The molecule has 14 heavy (non-hydrogen) atoms. The van der Waals surface area contributed by atoms with Gasteiger partial charge in [-0.05, 0) is 6.07 Å². The molecule has 5 nitrogen and oxygen atoms in total. The van der Waals surface area contributed by atoms with E-state index in [1.807, 2.05) is 0 Å². The van der Waals surface area contributed by atoms with Gasteiger partial charge in [-0.2, -0.15) is 0 Å². The number of nitrogen functional groups attached to an aromatic ring is 1. The van der Waals surface area contributed by atoms with E-state index in [1.165, 1.54) is 25.6 Å². The van der Waals surface area contributed by atoms with Crippen molar-refractivity contribution in [2.45, 2.75) is 0 Å². The summed E-state index contributed by atoms with van der Waals surface area (Å²) in [6.07, 6.45) is 2.87. The Bertz CT molecular complexity index is 315. The third-order valence-corrected chi connectivity index (χ3v) is 1.52. The lowest BCUT2D eigenvalue weighted by atomic mass is 10.3. The van der Waals surface area contributed by atoms with E-state index in [1.54, 1.807) is 0 Å². The van der Waals surface area contributed by atoms with Crippen LogP contribution in [0.25, 0.3) is 0 Å². The van der Waals surface area contributed by atoms with Crippen molar-refractivity contribution >= 4 is 11.7 Å². The number of carbonyl (C=O) groups is 1. The molecule has 1 aromatic heterocycles. The van der Waals surface area contributed by atoms with E-state index in [0.29, 0.717) is 17.9 Å². The number of hydrogen-bond acceptors (Lipinski definition) is 5. The second-order valence-electron chi connectivity index (χ2n) is 2.64. The zero-order valence-corrected chi connectivity index (χ0v) is 7.90. The highest BCUT2D eigenvalue weighted by Gasteiger charge is 2.06. The fourth-order valence-electron chi connectivity index (χ4n) is 0.870. The van der Waals surface area contributed by atoms with Gasteiger partial charge < -0.3 is 15.2 Å². The smallest absolute Gasteiger partial charge is 0.339 e. The molecule has 0 unspecified atom stereocenters. The Balaban J connectivity index is 2.52.